The van der Waals surface area contributed by atoms with Crippen LogP contribution in [0.15, 0.2) is 0 Å². The fourth-order valence-electron chi connectivity index (χ4n) is 2.70. The third-order valence-corrected chi connectivity index (χ3v) is 3.92. The number of piperidine rings is 1. The van der Waals surface area contributed by atoms with Crippen molar-refractivity contribution in [1.29, 1.82) is 0 Å². The van der Waals surface area contributed by atoms with E-state index in [-0.39, 0.29) is 11.9 Å². The van der Waals surface area contributed by atoms with E-state index in [0.29, 0.717) is 5.92 Å². The number of hydrazine groups is 1. The first-order chi connectivity index (χ1) is 8.58. The maximum absolute atomic E-state index is 11.8. The zero-order valence-electron chi connectivity index (χ0n) is 12.0. The number of hydrogen-bond acceptors (Lipinski definition) is 4. The first-order valence-electron chi connectivity index (χ1n) is 6.97. The van der Waals surface area contributed by atoms with E-state index < -0.39 is 0 Å². The Hall–Kier alpha value is -0.650. The van der Waals surface area contributed by atoms with Gasteiger partial charge in [-0.05, 0) is 52.4 Å². The molecule has 106 valence electrons. The second kappa shape index (κ2) is 7.71. The van der Waals surface area contributed by atoms with Gasteiger partial charge in [0.2, 0.25) is 0 Å². The number of nitrogens with two attached hydrogens (primary N) is 1. The molecular formula is C13H28N4O. The molecule has 0 aromatic rings. The monoisotopic (exact) mass is 256 g/mol. The van der Waals surface area contributed by atoms with E-state index in [2.05, 4.69) is 29.2 Å². The van der Waals surface area contributed by atoms with E-state index in [0.717, 1.165) is 19.4 Å². The highest BCUT2D eigenvalue weighted by Gasteiger charge is 2.25. The van der Waals surface area contributed by atoms with Crippen molar-refractivity contribution in [1.82, 2.24) is 15.2 Å². The van der Waals surface area contributed by atoms with Gasteiger partial charge < -0.3 is 4.90 Å². The van der Waals surface area contributed by atoms with Crippen molar-refractivity contribution in [3.05, 3.63) is 0 Å². The number of likely N-dealkylation sites (tertiary alicyclic amines) is 1. The molecule has 5 heteroatoms. The molecule has 0 radical (unpaired) electrons. The van der Waals surface area contributed by atoms with E-state index in [9.17, 15) is 4.79 Å². The van der Waals surface area contributed by atoms with Gasteiger partial charge in [-0.15, -0.1) is 0 Å². The fourth-order valence-corrected chi connectivity index (χ4v) is 2.70. The van der Waals surface area contributed by atoms with Crippen LogP contribution in [-0.2, 0) is 4.79 Å². The first kappa shape index (κ1) is 15.4. The summed E-state index contributed by atoms with van der Waals surface area (Å²) in [6, 6.07) is -0.0837. The van der Waals surface area contributed by atoms with Crippen LogP contribution in [0.1, 0.15) is 32.6 Å². The highest BCUT2D eigenvalue weighted by Crippen LogP contribution is 2.18. The van der Waals surface area contributed by atoms with E-state index in [1.807, 2.05) is 7.05 Å². The topological polar surface area (TPSA) is 61.6 Å². The summed E-state index contributed by atoms with van der Waals surface area (Å²) in [6.45, 7) is 5.42. The van der Waals surface area contributed by atoms with Gasteiger partial charge in [0.1, 0.15) is 0 Å². The van der Waals surface area contributed by atoms with Gasteiger partial charge in [-0.25, -0.2) is 5.84 Å². The van der Waals surface area contributed by atoms with Crippen LogP contribution < -0.4 is 11.3 Å². The second-order valence-corrected chi connectivity index (χ2v) is 5.50. The van der Waals surface area contributed by atoms with Crippen molar-refractivity contribution in [2.75, 3.05) is 33.7 Å². The van der Waals surface area contributed by atoms with Gasteiger partial charge in [0.05, 0.1) is 6.04 Å². The molecule has 1 atom stereocenters. The van der Waals surface area contributed by atoms with Gasteiger partial charge >= 0.3 is 0 Å². The smallest absolute Gasteiger partial charge is 0.251 e. The van der Waals surface area contributed by atoms with Crippen molar-refractivity contribution in [3.63, 3.8) is 0 Å². The summed E-state index contributed by atoms with van der Waals surface area (Å²) in [7, 11) is 4.20. The van der Waals surface area contributed by atoms with Gasteiger partial charge in [-0.1, -0.05) is 13.3 Å². The lowest BCUT2D eigenvalue weighted by Crippen LogP contribution is -2.49. The molecule has 0 aromatic heterocycles. The minimum Gasteiger partial charge on any atom is -0.306 e. The van der Waals surface area contributed by atoms with Crippen molar-refractivity contribution >= 4 is 5.91 Å². The maximum Gasteiger partial charge on any atom is 0.251 e. The van der Waals surface area contributed by atoms with Crippen LogP contribution >= 0.6 is 0 Å². The standard InChI is InChI=1S/C13H28N4O/c1-4-5-12(13(18)15-14)17(3)10-11-6-8-16(2)9-7-11/h11-12H,4-10,14H2,1-3H3,(H,15,18). The average Bonchev–Trinajstić information content (AvgIpc) is 2.37. The molecule has 1 amide bonds. The number of hydrogen-bond donors (Lipinski definition) is 2. The van der Waals surface area contributed by atoms with Gasteiger partial charge in [-0.2, -0.15) is 0 Å². The molecule has 1 heterocycles. The van der Waals surface area contributed by atoms with Crippen molar-refractivity contribution in [2.24, 2.45) is 11.8 Å². The summed E-state index contributed by atoms with van der Waals surface area (Å²) in [4.78, 5) is 16.3. The Morgan fingerprint density at radius 1 is 1.50 bits per heavy atom. The highest BCUT2D eigenvalue weighted by molar-refractivity contribution is 5.81. The molecule has 0 aliphatic carbocycles. The van der Waals surface area contributed by atoms with E-state index in [4.69, 9.17) is 5.84 Å². The minimum atomic E-state index is -0.0837. The van der Waals surface area contributed by atoms with Crippen LogP contribution in [0, 0.1) is 5.92 Å². The number of rotatable bonds is 6. The van der Waals surface area contributed by atoms with Crippen LogP contribution in [0.5, 0.6) is 0 Å². The quantitative estimate of drug-likeness (QED) is 0.411. The number of carbonyl (C=O) groups excluding carboxylic acids is 1. The van der Waals surface area contributed by atoms with Crippen LogP contribution in [-0.4, -0.2) is 55.5 Å². The lowest BCUT2D eigenvalue weighted by Gasteiger charge is -2.34. The zero-order valence-corrected chi connectivity index (χ0v) is 12.0. The molecular weight excluding hydrogens is 228 g/mol. The largest absolute Gasteiger partial charge is 0.306 e. The van der Waals surface area contributed by atoms with E-state index in [1.165, 1.54) is 25.9 Å². The molecule has 3 N–H and O–H groups in total. The first-order valence-corrected chi connectivity index (χ1v) is 6.97. The molecule has 1 aliphatic heterocycles. The van der Waals surface area contributed by atoms with Gasteiger partial charge in [0.25, 0.3) is 5.91 Å². The molecule has 1 fully saturated rings. The summed E-state index contributed by atoms with van der Waals surface area (Å²) in [5.74, 6) is 5.90. The predicted molar refractivity (Wildman–Crippen MR) is 73.9 cm³/mol. The number of likely N-dealkylation sites (N-methyl/N-ethyl adjacent to an activating group) is 1. The lowest BCUT2D eigenvalue weighted by molar-refractivity contribution is -0.126. The normalized spacial score (nSPS) is 20.1. The molecule has 5 nitrogen and oxygen atoms in total. The van der Waals surface area contributed by atoms with Crippen LogP contribution in [0.2, 0.25) is 0 Å². The molecule has 0 aromatic carbocycles. The fraction of sp³-hybridized carbons (Fsp3) is 0.923. The molecule has 1 unspecified atom stereocenters. The number of nitrogens with one attached hydrogen (secondary N) is 1. The van der Waals surface area contributed by atoms with Crippen LogP contribution in [0.4, 0.5) is 0 Å². The van der Waals surface area contributed by atoms with Crippen molar-refractivity contribution < 1.29 is 4.79 Å². The summed E-state index contributed by atoms with van der Waals surface area (Å²) >= 11 is 0. The van der Waals surface area contributed by atoms with Gasteiger partial charge in [0.15, 0.2) is 0 Å². The van der Waals surface area contributed by atoms with Crippen LogP contribution in [0.3, 0.4) is 0 Å². The molecule has 0 saturated carbocycles. The minimum absolute atomic E-state index is 0.0627. The van der Waals surface area contributed by atoms with Crippen LogP contribution in [0.25, 0.3) is 0 Å². The Kier molecular flexibility index (Phi) is 6.60. The Morgan fingerprint density at radius 3 is 2.61 bits per heavy atom. The van der Waals surface area contributed by atoms with Crippen molar-refractivity contribution in [2.45, 2.75) is 38.6 Å². The molecule has 1 aliphatic rings. The zero-order chi connectivity index (χ0) is 13.5. The predicted octanol–water partition coefficient (Wildman–Crippen LogP) is 0.419. The second-order valence-electron chi connectivity index (χ2n) is 5.50. The molecule has 1 saturated heterocycles. The van der Waals surface area contributed by atoms with Gasteiger partial charge in [-0.3, -0.25) is 15.1 Å². The Labute approximate surface area is 111 Å². The Bertz CT molecular complexity index is 251. The number of amides is 1. The Balaban J connectivity index is 2.45. The van der Waals surface area contributed by atoms with E-state index in [1.54, 1.807) is 0 Å². The summed E-state index contributed by atoms with van der Waals surface area (Å²) < 4.78 is 0. The molecule has 0 bridgehead atoms. The summed E-state index contributed by atoms with van der Waals surface area (Å²) in [6.07, 6.45) is 4.32. The molecule has 0 spiro atoms. The lowest BCUT2D eigenvalue weighted by atomic mass is 9.95. The third kappa shape index (κ3) is 4.55. The summed E-state index contributed by atoms with van der Waals surface area (Å²) in [5.41, 5.74) is 2.29. The average molecular weight is 256 g/mol. The summed E-state index contributed by atoms with van der Waals surface area (Å²) in [5, 5.41) is 0. The number of carbonyl (C=O) groups is 1. The third-order valence-electron chi connectivity index (χ3n) is 3.92. The molecule has 1 rings (SSSR count). The van der Waals surface area contributed by atoms with Crippen molar-refractivity contribution in [3.8, 4) is 0 Å². The SMILES string of the molecule is CCCC(C(=O)NN)N(C)CC1CCN(C)CC1. The van der Waals surface area contributed by atoms with Gasteiger partial charge in [0, 0.05) is 6.54 Å². The maximum atomic E-state index is 11.8. The number of nitrogens with zero attached hydrogens (tertiary/aromatic N) is 2. The molecule has 18 heavy (non-hydrogen) atoms. The van der Waals surface area contributed by atoms with E-state index >= 15 is 0 Å². The highest BCUT2D eigenvalue weighted by atomic mass is 16.2. The Morgan fingerprint density at radius 2 is 2.11 bits per heavy atom.